The van der Waals surface area contributed by atoms with E-state index in [2.05, 4.69) is 8.37 Å². The SMILES string of the molecule is O=C(O)[C@@H](O)[C@@H](O)[C@@H]1O[S+](O)O[C@@H]1CO. The third kappa shape index (κ3) is 2.78. The number of carboxylic acids is 1. The van der Waals surface area contributed by atoms with E-state index >= 15 is 0 Å². The molecule has 0 aromatic rings. The fourth-order valence-electron chi connectivity index (χ4n) is 1.08. The van der Waals surface area contributed by atoms with Crippen molar-refractivity contribution >= 4 is 17.7 Å². The van der Waals surface area contributed by atoms with Gasteiger partial charge in [0.2, 0.25) is 0 Å². The molecule has 0 spiro atoms. The van der Waals surface area contributed by atoms with Crippen LogP contribution in [0.5, 0.6) is 0 Å². The van der Waals surface area contributed by atoms with Crippen LogP contribution in [-0.2, 0) is 24.9 Å². The second-order valence-corrected chi connectivity index (χ2v) is 3.69. The van der Waals surface area contributed by atoms with Crippen LogP contribution < -0.4 is 0 Å². The molecular formula is C6H11O8S+. The molecule has 0 radical (unpaired) electrons. The highest BCUT2D eigenvalue weighted by Crippen LogP contribution is 2.24. The highest BCUT2D eigenvalue weighted by molar-refractivity contribution is 7.82. The number of carbonyl (C=O) groups is 1. The molecule has 8 nitrogen and oxygen atoms in total. The molecule has 1 unspecified atom stereocenters. The lowest BCUT2D eigenvalue weighted by molar-refractivity contribution is -0.158. The molecule has 0 amide bonds. The van der Waals surface area contributed by atoms with E-state index in [9.17, 15) is 9.90 Å². The standard InChI is InChI=1S/C6H10O8S/c7-1-2-5(14-15(12)13-2)3(8)4(9)6(10)11/h2-5,7-9,12H,1H2/p+1/t2-,3-,4+,5-,15?/m1/s1. The summed E-state index contributed by atoms with van der Waals surface area (Å²) in [4.78, 5) is 10.3. The Morgan fingerprint density at radius 1 is 1.40 bits per heavy atom. The summed E-state index contributed by atoms with van der Waals surface area (Å²) in [5.74, 6) is -1.63. The van der Waals surface area contributed by atoms with Crippen molar-refractivity contribution < 1.29 is 38.1 Å². The predicted molar refractivity (Wildman–Crippen MR) is 46.5 cm³/mol. The fraction of sp³-hybridized carbons (Fsp3) is 0.833. The van der Waals surface area contributed by atoms with Gasteiger partial charge < -0.3 is 20.4 Å². The van der Waals surface area contributed by atoms with Crippen molar-refractivity contribution in [1.82, 2.24) is 0 Å². The lowest BCUT2D eigenvalue weighted by Crippen LogP contribution is -2.47. The van der Waals surface area contributed by atoms with Crippen LogP contribution >= 0.6 is 0 Å². The van der Waals surface area contributed by atoms with E-state index in [1.165, 1.54) is 0 Å². The van der Waals surface area contributed by atoms with Crippen molar-refractivity contribution in [3.05, 3.63) is 0 Å². The van der Waals surface area contributed by atoms with Crippen LogP contribution in [0.3, 0.4) is 0 Å². The Bertz CT molecular complexity index is 235. The van der Waals surface area contributed by atoms with Gasteiger partial charge in [0.1, 0.15) is 6.10 Å². The molecule has 1 saturated heterocycles. The number of hydrogen-bond acceptors (Lipinski definition) is 7. The Labute approximate surface area is 87.6 Å². The number of aliphatic hydroxyl groups excluding tert-OH is 3. The zero-order chi connectivity index (χ0) is 11.6. The molecule has 9 heteroatoms. The van der Waals surface area contributed by atoms with Crippen LogP contribution in [0.25, 0.3) is 0 Å². The Balaban J connectivity index is 2.65. The minimum Gasteiger partial charge on any atom is -0.479 e. The van der Waals surface area contributed by atoms with Crippen LogP contribution in [0, 0.1) is 0 Å². The van der Waals surface area contributed by atoms with Crippen molar-refractivity contribution in [2.75, 3.05) is 6.61 Å². The summed E-state index contributed by atoms with van der Waals surface area (Å²) in [5.41, 5.74) is 0. The van der Waals surface area contributed by atoms with Gasteiger partial charge in [0, 0.05) is 0 Å². The first-order valence-corrected chi connectivity index (χ1v) is 4.98. The molecular weight excluding hydrogens is 232 g/mol. The van der Waals surface area contributed by atoms with E-state index in [4.69, 9.17) is 19.9 Å². The zero-order valence-corrected chi connectivity index (χ0v) is 8.20. The van der Waals surface area contributed by atoms with Crippen molar-refractivity contribution in [3.63, 3.8) is 0 Å². The molecule has 0 aliphatic carbocycles. The van der Waals surface area contributed by atoms with Gasteiger partial charge in [-0.2, -0.15) is 0 Å². The van der Waals surface area contributed by atoms with Crippen LogP contribution in [0.15, 0.2) is 0 Å². The van der Waals surface area contributed by atoms with Crippen molar-refractivity contribution in [1.29, 1.82) is 0 Å². The maximum absolute atomic E-state index is 10.3. The molecule has 1 heterocycles. The monoisotopic (exact) mass is 243 g/mol. The van der Waals surface area contributed by atoms with Crippen molar-refractivity contribution in [2.24, 2.45) is 0 Å². The third-order valence-corrected chi connectivity index (χ3v) is 2.66. The van der Waals surface area contributed by atoms with Gasteiger partial charge in [-0.05, 0) is 0 Å². The van der Waals surface area contributed by atoms with Gasteiger partial charge in [0.05, 0.1) is 6.61 Å². The molecule has 88 valence electrons. The summed E-state index contributed by atoms with van der Waals surface area (Å²) in [6.45, 7) is -0.571. The molecule has 0 bridgehead atoms. The van der Waals surface area contributed by atoms with Gasteiger partial charge in [-0.25, -0.2) is 4.79 Å². The van der Waals surface area contributed by atoms with Crippen LogP contribution in [0.1, 0.15) is 0 Å². The molecule has 1 fully saturated rings. The minimum absolute atomic E-state index is 0.571. The van der Waals surface area contributed by atoms with Gasteiger partial charge in [0.25, 0.3) is 0 Å². The number of aliphatic hydroxyl groups is 3. The molecule has 5 N–H and O–H groups in total. The topological polar surface area (TPSA) is 137 Å². The quantitative estimate of drug-likeness (QED) is 0.341. The Hall–Kier alpha value is -0.420. The molecule has 0 aromatic carbocycles. The Kier molecular flexibility index (Phi) is 4.28. The predicted octanol–water partition coefficient (Wildman–Crippen LogP) is -2.51. The van der Waals surface area contributed by atoms with Crippen LogP contribution in [0.2, 0.25) is 0 Å². The van der Waals surface area contributed by atoms with E-state index in [-0.39, 0.29) is 0 Å². The summed E-state index contributed by atoms with van der Waals surface area (Å²) in [7, 11) is 0. The molecule has 15 heavy (non-hydrogen) atoms. The van der Waals surface area contributed by atoms with Crippen molar-refractivity contribution in [2.45, 2.75) is 24.4 Å². The Morgan fingerprint density at radius 3 is 2.47 bits per heavy atom. The molecule has 1 aliphatic heterocycles. The lowest BCUT2D eigenvalue weighted by Gasteiger charge is -2.18. The summed E-state index contributed by atoms with van der Waals surface area (Å²) in [6, 6.07) is 0. The minimum atomic E-state index is -2.07. The van der Waals surface area contributed by atoms with Crippen LogP contribution in [-0.4, -0.2) is 62.0 Å². The maximum Gasteiger partial charge on any atom is 0.506 e. The second kappa shape index (κ2) is 5.07. The first kappa shape index (κ1) is 12.6. The van der Waals surface area contributed by atoms with Gasteiger partial charge in [-0.15, -0.1) is 8.74 Å². The molecule has 0 saturated carbocycles. The lowest BCUT2D eigenvalue weighted by atomic mass is 10.0. The maximum atomic E-state index is 10.3. The summed E-state index contributed by atoms with van der Waals surface area (Å²) < 4.78 is 18.1. The fourth-order valence-corrected chi connectivity index (χ4v) is 1.93. The van der Waals surface area contributed by atoms with Gasteiger partial charge in [0.15, 0.2) is 18.3 Å². The summed E-state index contributed by atoms with van der Waals surface area (Å²) in [6.07, 6.45) is -6.20. The van der Waals surface area contributed by atoms with Crippen LogP contribution in [0.4, 0.5) is 0 Å². The largest absolute Gasteiger partial charge is 0.506 e. The number of aliphatic carboxylic acids is 1. The number of rotatable bonds is 4. The average Bonchev–Trinajstić information content (AvgIpc) is 2.57. The number of hydrogen-bond donors (Lipinski definition) is 5. The molecule has 5 atom stereocenters. The smallest absolute Gasteiger partial charge is 0.479 e. The molecule has 1 rings (SSSR count). The first-order chi connectivity index (χ1) is 6.97. The molecule has 0 aromatic heterocycles. The van der Waals surface area contributed by atoms with E-state index in [0.717, 1.165) is 0 Å². The van der Waals surface area contributed by atoms with E-state index in [1.807, 2.05) is 0 Å². The zero-order valence-electron chi connectivity index (χ0n) is 7.39. The number of carboxylic acid groups (broad SMARTS) is 1. The van der Waals surface area contributed by atoms with E-state index < -0.39 is 48.7 Å². The molecule has 1 aliphatic rings. The Morgan fingerprint density at radius 2 is 2.00 bits per heavy atom. The van der Waals surface area contributed by atoms with Gasteiger partial charge >= 0.3 is 17.7 Å². The van der Waals surface area contributed by atoms with Crippen molar-refractivity contribution in [3.8, 4) is 0 Å². The average molecular weight is 243 g/mol. The van der Waals surface area contributed by atoms with Gasteiger partial charge in [-0.3, -0.25) is 0 Å². The normalized spacial score (nSPS) is 35.1. The second-order valence-electron chi connectivity index (χ2n) is 2.87. The van der Waals surface area contributed by atoms with Gasteiger partial charge in [-0.1, -0.05) is 4.18 Å². The van der Waals surface area contributed by atoms with E-state index in [1.54, 1.807) is 0 Å². The highest BCUT2D eigenvalue weighted by Gasteiger charge is 2.53. The summed E-state index contributed by atoms with van der Waals surface area (Å²) in [5, 5.41) is 35.5. The summed E-state index contributed by atoms with van der Waals surface area (Å²) >= 11 is -1.91. The van der Waals surface area contributed by atoms with E-state index in [0.29, 0.717) is 0 Å². The first-order valence-electron chi connectivity index (χ1n) is 3.94. The highest BCUT2D eigenvalue weighted by atomic mass is 32.3. The third-order valence-electron chi connectivity index (χ3n) is 1.86.